The second-order valence-corrected chi connectivity index (χ2v) is 4.43. The van der Waals surface area contributed by atoms with Crippen molar-refractivity contribution in [3.8, 4) is 11.5 Å². The van der Waals surface area contributed by atoms with E-state index in [-0.39, 0.29) is 12.0 Å². The maximum Gasteiger partial charge on any atom is 0.225 e. The highest BCUT2D eigenvalue weighted by Crippen LogP contribution is 2.28. The lowest BCUT2D eigenvalue weighted by atomic mass is 10.1. The molecule has 1 aromatic carbocycles. The summed E-state index contributed by atoms with van der Waals surface area (Å²) < 4.78 is 15.9. The van der Waals surface area contributed by atoms with E-state index in [4.69, 9.17) is 14.2 Å². The molecule has 19 heavy (non-hydrogen) atoms. The number of rotatable bonds is 6. The van der Waals surface area contributed by atoms with Gasteiger partial charge in [-0.15, -0.1) is 0 Å². The molecule has 0 bridgehead atoms. The van der Waals surface area contributed by atoms with Crippen LogP contribution in [0.3, 0.4) is 0 Å². The fourth-order valence-corrected chi connectivity index (χ4v) is 1.96. The third kappa shape index (κ3) is 3.38. The first-order valence-electron chi connectivity index (χ1n) is 6.31. The first kappa shape index (κ1) is 13.7. The summed E-state index contributed by atoms with van der Waals surface area (Å²) in [5, 5.41) is 0. The first-order valence-corrected chi connectivity index (χ1v) is 6.31. The van der Waals surface area contributed by atoms with E-state index in [1.807, 2.05) is 24.3 Å². The fraction of sp³-hybridized carbons (Fsp3) is 0.500. The van der Waals surface area contributed by atoms with Crippen molar-refractivity contribution in [3.05, 3.63) is 24.3 Å². The highest BCUT2D eigenvalue weighted by molar-refractivity contribution is 5.77. The predicted octanol–water partition coefficient (Wildman–Crippen LogP) is 1.32. The Morgan fingerprint density at radius 2 is 1.95 bits per heavy atom. The molecule has 5 nitrogen and oxygen atoms in total. The zero-order valence-electron chi connectivity index (χ0n) is 11.3. The highest BCUT2D eigenvalue weighted by atomic mass is 16.5. The summed E-state index contributed by atoms with van der Waals surface area (Å²) in [7, 11) is 3.21. The number of benzene rings is 1. The normalized spacial score (nSPS) is 14.9. The summed E-state index contributed by atoms with van der Waals surface area (Å²) in [6, 6.07) is 7.52. The second kappa shape index (κ2) is 6.43. The Labute approximate surface area is 113 Å². The van der Waals surface area contributed by atoms with Crippen molar-refractivity contribution < 1.29 is 19.0 Å². The highest BCUT2D eigenvalue weighted by Gasteiger charge is 2.32. The number of hydrogen-bond acceptors (Lipinski definition) is 4. The van der Waals surface area contributed by atoms with Crippen LogP contribution in [0.5, 0.6) is 11.5 Å². The summed E-state index contributed by atoms with van der Waals surface area (Å²) in [5.74, 6) is 1.55. The van der Waals surface area contributed by atoms with Gasteiger partial charge in [-0.3, -0.25) is 4.79 Å². The number of nitrogens with zero attached hydrogens (tertiary/aromatic N) is 1. The number of carbonyl (C=O) groups is 1. The van der Waals surface area contributed by atoms with Gasteiger partial charge in [0.25, 0.3) is 0 Å². The Kier molecular flexibility index (Phi) is 4.63. The molecule has 5 heteroatoms. The van der Waals surface area contributed by atoms with Gasteiger partial charge in [0, 0.05) is 7.11 Å². The van der Waals surface area contributed by atoms with Crippen LogP contribution in [0.1, 0.15) is 6.42 Å². The Bertz CT molecular complexity index is 429. The van der Waals surface area contributed by atoms with Crippen molar-refractivity contribution in [1.29, 1.82) is 0 Å². The van der Waals surface area contributed by atoms with Gasteiger partial charge in [-0.25, -0.2) is 0 Å². The lowest BCUT2D eigenvalue weighted by Crippen LogP contribution is -2.56. The van der Waals surface area contributed by atoms with E-state index in [9.17, 15) is 4.79 Å². The van der Waals surface area contributed by atoms with Crippen LogP contribution in [0, 0.1) is 0 Å². The number of carbonyl (C=O) groups excluding carboxylic acids is 1. The van der Waals surface area contributed by atoms with Gasteiger partial charge in [-0.05, 0) is 12.1 Å². The Morgan fingerprint density at radius 3 is 2.58 bits per heavy atom. The number of amides is 1. The standard InChI is InChI=1S/C14H19NO4/c1-17-8-7-14(16)15-9-11(10-15)19-13-6-4-3-5-12(13)18-2/h3-6,11H,7-10H2,1-2H3. The Hall–Kier alpha value is -1.75. The SMILES string of the molecule is COCCC(=O)N1CC(Oc2ccccc2OC)C1. The van der Waals surface area contributed by atoms with E-state index >= 15 is 0 Å². The van der Waals surface area contributed by atoms with E-state index in [1.54, 1.807) is 19.1 Å². The minimum Gasteiger partial charge on any atom is -0.493 e. The van der Waals surface area contributed by atoms with Crippen LogP contribution in [-0.2, 0) is 9.53 Å². The molecule has 0 N–H and O–H groups in total. The molecular formula is C14H19NO4. The molecule has 1 aromatic rings. The van der Waals surface area contributed by atoms with Gasteiger partial charge in [0.2, 0.25) is 5.91 Å². The maximum absolute atomic E-state index is 11.7. The van der Waals surface area contributed by atoms with E-state index in [2.05, 4.69) is 0 Å². The van der Waals surface area contributed by atoms with Crippen LogP contribution in [0.15, 0.2) is 24.3 Å². The predicted molar refractivity (Wildman–Crippen MR) is 70.5 cm³/mol. The minimum atomic E-state index is 0.0443. The number of likely N-dealkylation sites (tertiary alicyclic amines) is 1. The van der Waals surface area contributed by atoms with Crippen molar-refractivity contribution in [2.24, 2.45) is 0 Å². The summed E-state index contributed by atoms with van der Waals surface area (Å²) in [6.07, 6.45) is 0.473. The van der Waals surface area contributed by atoms with Gasteiger partial charge in [0.05, 0.1) is 33.2 Å². The van der Waals surface area contributed by atoms with Crippen LogP contribution in [0.4, 0.5) is 0 Å². The van der Waals surface area contributed by atoms with Gasteiger partial charge >= 0.3 is 0 Å². The lowest BCUT2D eigenvalue weighted by Gasteiger charge is -2.39. The van der Waals surface area contributed by atoms with Crippen molar-refractivity contribution in [2.75, 3.05) is 33.9 Å². The summed E-state index contributed by atoms with van der Waals surface area (Å²) in [6.45, 7) is 1.72. The molecule has 1 aliphatic heterocycles. The Morgan fingerprint density at radius 1 is 1.26 bits per heavy atom. The van der Waals surface area contributed by atoms with Gasteiger partial charge in [0.1, 0.15) is 6.10 Å². The average Bonchev–Trinajstić information content (AvgIpc) is 2.40. The second-order valence-electron chi connectivity index (χ2n) is 4.43. The Balaban J connectivity index is 1.80. The molecule has 0 spiro atoms. The number of ether oxygens (including phenoxy) is 3. The van der Waals surface area contributed by atoms with Gasteiger partial charge < -0.3 is 19.1 Å². The lowest BCUT2D eigenvalue weighted by molar-refractivity contribution is -0.140. The molecule has 0 saturated carbocycles. The molecule has 1 saturated heterocycles. The summed E-state index contributed by atoms with van der Waals surface area (Å²) in [4.78, 5) is 13.4. The molecule has 1 amide bonds. The number of methoxy groups -OCH3 is 2. The van der Waals surface area contributed by atoms with Crippen molar-refractivity contribution >= 4 is 5.91 Å². The average molecular weight is 265 g/mol. The minimum absolute atomic E-state index is 0.0443. The fourth-order valence-electron chi connectivity index (χ4n) is 1.96. The largest absolute Gasteiger partial charge is 0.493 e. The van der Waals surface area contributed by atoms with Crippen LogP contribution < -0.4 is 9.47 Å². The molecule has 0 radical (unpaired) electrons. The smallest absolute Gasteiger partial charge is 0.225 e. The first-order chi connectivity index (χ1) is 9.24. The van der Waals surface area contributed by atoms with Crippen LogP contribution in [-0.4, -0.2) is 50.8 Å². The molecule has 1 aliphatic rings. The summed E-state index contributed by atoms with van der Waals surface area (Å²) >= 11 is 0. The third-order valence-electron chi connectivity index (χ3n) is 3.08. The van der Waals surface area contributed by atoms with Crippen molar-refractivity contribution in [3.63, 3.8) is 0 Å². The molecule has 2 rings (SSSR count). The van der Waals surface area contributed by atoms with Gasteiger partial charge in [-0.1, -0.05) is 12.1 Å². The van der Waals surface area contributed by atoms with E-state index in [0.717, 1.165) is 5.75 Å². The molecule has 0 atom stereocenters. The van der Waals surface area contributed by atoms with Crippen LogP contribution >= 0.6 is 0 Å². The molecule has 1 fully saturated rings. The molecule has 0 unspecified atom stereocenters. The van der Waals surface area contributed by atoms with E-state index in [1.165, 1.54) is 0 Å². The summed E-state index contributed by atoms with van der Waals surface area (Å²) in [5.41, 5.74) is 0. The van der Waals surface area contributed by atoms with Crippen molar-refractivity contribution in [2.45, 2.75) is 12.5 Å². The molecule has 0 aliphatic carbocycles. The van der Waals surface area contributed by atoms with E-state index in [0.29, 0.717) is 31.9 Å². The van der Waals surface area contributed by atoms with Gasteiger partial charge in [0.15, 0.2) is 11.5 Å². The van der Waals surface area contributed by atoms with Gasteiger partial charge in [-0.2, -0.15) is 0 Å². The molecule has 0 aromatic heterocycles. The van der Waals surface area contributed by atoms with Crippen LogP contribution in [0.2, 0.25) is 0 Å². The van der Waals surface area contributed by atoms with Crippen molar-refractivity contribution in [1.82, 2.24) is 4.90 Å². The van der Waals surface area contributed by atoms with E-state index < -0.39 is 0 Å². The third-order valence-corrected chi connectivity index (χ3v) is 3.08. The monoisotopic (exact) mass is 265 g/mol. The zero-order valence-corrected chi connectivity index (χ0v) is 11.3. The zero-order chi connectivity index (χ0) is 13.7. The number of para-hydroxylation sites is 2. The molecule has 104 valence electrons. The quantitative estimate of drug-likeness (QED) is 0.778. The topological polar surface area (TPSA) is 48.0 Å². The van der Waals surface area contributed by atoms with Crippen LogP contribution in [0.25, 0.3) is 0 Å². The maximum atomic E-state index is 11.7. The number of hydrogen-bond donors (Lipinski definition) is 0. The molecular weight excluding hydrogens is 246 g/mol. The molecule has 1 heterocycles.